The van der Waals surface area contributed by atoms with E-state index in [2.05, 4.69) is 23.7 Å². The Bertz CT molecular complexity index is 546. The average molecular weight is 253 g/mol. The van der Waals surface area contributed by atoms with Gasteiger partial charge in [-0.2, -0.15) is 8.42 Å². The monoisotopic (exact) mass is 253 g/mol. The van der Waals surface area contributed by atoms with Crippen LogP contribution >= 0.6 is 0 Å². The molecule has 1 aliphatic carbocycles. The Balaban J connectivity index is 2.82. The second kappa shape index (κ2) is 5.59. The molecule has 0 aromatic rings. The molecule has 6 heteroatoms. The largest absolute Gasteiger partial charge is 0.294 e. The third-order valence-electron chi connectivity index (χ3n) is 1.92. The minimum atomic E-state index is -4.28. The summed E-state index contributed by atoms with van der Waals surface area (Å²) >= 11 is 0. The molecule has 0 amide bonds. The fourth-order valence-corrected chi connectivity index (χ4v) is 1.64. The molecule has 0 spiro atoms. The van der Waals surface area contributed by atoms with Gasteiger partial charge in [0.05, 0.1) is 17.5 Å². The molecule has 1 aliphatic rings. The van der Waals surface area contributed by atoms with Gasteiger partial charge in [-0.05, 0) is 24.3 Å². The van der Waals surface area contributed by atoms with E-state index >= 15 is 0 Å². The normalized spacial score (nSPS) is 18.6. The number of carbonyl (C=O) groups excluding carboxylic acids is 1. The van der Waals surface area contributed by atoms with Crippen molar-refractivity contribution in [3.05, 3.63) is 35.8 Å². The molecular weight excluding hydrogens is 242 g/mol. The second-order valence-corrected chi connectivity index (χ2v) is 4.62. The highest BCUT2D eigenvalue weighted by Crippen LogP contribution is 2.09. The molecule has 0 bridgehead atoms. The Hall–Kier alpha value is -1.68. The Labute approximate surface area is 99.7 Å². The van der Waals surface area contributed by atoms with E-state index in [1.807, 2.05) is 0 Å². The predicted octanol–water partition coefficient (Wildman–Crippen LogP) is 0.0446. The van der Waals surface area contributed by atoms with Crippen molar-refractivity contribution in [3.63, 3.8) is 0 Å². The van der Waals surface area contributed by atoms with Crippen molar-refractivity contribution >= 4 is 15.9 Å². The van der Waals surface area contributed by atoms with Gasteiger partial charge in [-0.3, -0.25) is 14.7 Å². The van der Waals surface area contributed by atoms with Gasteiger partial charge in [-0.15, -0.1) is 0 Å². The van der Waals surface area contributed by atoms with Gasteiger partial charge in [0.2, 0.25) is 0 Å². The molecule has 0 saturated heterocycles. The molecule has 1 atom stereocenters. The SMILES string of the molecule is C=CC(=O)CNC1C#CC=CC(S(=O)(=O)O)=C1. The number of ketones is 1. The van der Waals surface area contributed by atoms with Crippen LogP contribution in [0.25, 0.3) is 0 Å². The topological polar surface area (TPSA) is 83.5 Å². The molecular formula is C11H11NO4S. The number of nitrogens with one attached hydrogen (secondary N) is 1. The highest BCUT2D eigenvalue weighted by atomic mass is 32.2. The van der Waals surface area contributed by atoms with Gasteiger partial charge in [0.15, 0.2) is 5.78 Å². The van der Waals surface area contributed by atoms with E-state index < -0.39 is 16.2 Å². The van der Waals surface area contributed by atoms with Crippen LogP contribution < -0.4 is 5.32 Å². The van der Waals surface area contributed by atoms with Crippen LogP contribution in [0.1, 0.15) is 0 Å². The maximum Gasteiger partial charge on any atom is 0.294 e. The third kappa shape index (κ3) is 4.36. The summed E-state index contributed by atoms with van der Waals surface area (Å²) in [5, 5.41) is 2.73. The van der Waals surface area contributed by atoms with E-state index in [4.69, 9.17) is 4.55 Å². The van der Waals surface area contributed by atoms with Gasteiger partial charge >= 0.3 is 0 Å². The van der Waals surface area contributed by atoms with Crippen molar-refractivity contribution in [2.45, 2.75) is 6.04 Å². The predicted molar refractivity (Wildman–Crippen MR) is 63.5 cm³/mol. The molecule has 1 unspecified atom stereocenters. The minimum Gasteiger partial charge on any atom is -0.293 e. The number of hydrogen-bond donors (Lipinski definition) is 2. The molecule has 0 saturated carbocycles. The molecule has 0 aromatic heterocycles. The van der Waals surface area contributed by atoms with Crippen LogP contribution in [0.3, 0.4) is 0 Å². The summed E-state index contributed by atoms with van der Waals surface area (Å²) < 4.78 is 30.8. The van der Waals surface area contributed by atoms with Gasteiger partial charge in [-0.25, -0.2) is 0 Å². The van der Waals surface area contributed by atoms with Crippen molar-refractivity contribution in [2.75, 3.05) is 6.54 Å². The van der Waals surface area contributed by atoms with Crippen LogP contribution in [0.15, 0.2) is 35.8 Å². The molecule has 2 N–H and O–H groups in total. The summed E-state index contributed by atoms with van der Waals surface area (Å²) in [6.07, 6.45) is 4.90. The highest BCUT2D eigenvalue weighted by molar-refractivity contribution is 7.90. The molecule has 0 aromatic carbocycles. The van der Waals surface area contributed by atoms with Crippen molar-refractivity contribution in [1.82, 2.24) is 5.32 Å². The van der Waals surface area contributed by atoms with Gasteiger partial charge in [-0.1, -0.05) is 18.4 Å². The lowest BCUT2D eigenvalue weighted by molar-refractivity contribution is -0.113. The first-order chi connectivity index (χ1) is 7.93. The van der Waals surface area contributed by atoms with Gasteiger partial charge < -0.3 is 0 Å². The van der Waals surface area contributed by atoms with Gasteiger partial charge in [0.1, 0.15) is 0 Å². The van der Waals surface area contributed by atoms with Crippen LogP contribution in [0.5, 0.6) is 0 Å². The lowest BCUT2D eigenvalue weighted by Gasteiger charge is -2.07. The maximum atomic E-state index is 11.0. The number of rotatable bonds is 5. The quantitative estimate of drug-likeness (QED) is 0.411. The molecule has 0 aliphatic heterocycles. The number of carbonyl (C=O) groups is 1. The lowest BCUT2D eigenvalue weighted by Crippen LogP contribution is -2.31. The fraction of sp³-hybridized carbons (Fsp3) is 0.182. The van der Waals surface area contributed by atoms with Crippen molar-refractivity contribution in [1.29, 1.82) is 0 Å². The molecule has 17 heavy (non-hydrogen) atoms. The summed E-state index contributed by atoms with van der Waals surface area (Å²) in [7, 11) is -4.28. The smallest absolute Gasteiger partial charge is 0.293 e. The number of hydrogen-bond acceptors (Lipinski definition) is 4. The fourth-order valence-electron chi connectivity index (χ4n) is 1.09. The molecule has 0 radical (unpaired) electrons. The zero-order chi connectivity index (χ0) is 12.9. The van der Waals surface area contributed by atoms with Gasteiger partial charge in [0, 0.05) is 0 Å². The van der Waals surface area contributed by atoms with Crippen LogP contribution in [0.2, 0.25) is 0 Å². The van der Waals surface area contributed by atoms with Crippen LogP contribution in [0, 0.1) is 11.8 Å². The van der Waals surface area contributed by atoms with E-state index in [0.29, 0.717) is 0 Å². The van der Waals surface area contributed by atoms with Crippen LogP contribution in [0.4, 0.5) is 0 Å². The molecule has 0 heterocycles. The number of allylic oxidation sites excluding steroid dienone is 2. The molecule has 1 rings (SSSR count). The Morgan fingerprint density at radius 2 is 2.35 bits per heavy atom. The van der Waals surface area contributed by atoms with E-state index in [1.54, 1.807) is 0 Å². The van der Waals surface area contributed by atoms with Crippen molar-refractivity contribution in [2.24, 2.45) is 0 Å². The highest BCUT2D eigenvalue weighted by Gasteiger charge is 2.14. The van der Waals surface area contributed by atoms with Crippen LogP contribution in [-0.2, 0) is 14.9 Å². The molecule has 0 fully saturated rings. The summed E-state index contributed by atoms with van der Waals surface area (Å²) in [6, 6.07) is -0.620. The van der Waals surface area contributed by atoms with E-state index in [0.717, 1.165) is 6.08 Å². The van der Waals surface area contributed by atoms with E-state index in [-0.39, 0.29) is 17.2 Å². The first-order valence-corrected chi connectivity index (χ1v) is 6.13. The summed E-state index contributed by atoms with van der Waals surface area (Å²) in [5.41, 5.74) is 0. The van der Waals surface area contributed by atoms with Crippen LogP contribution in [-0.4, -0.2) is 31.3 Å². The lowest BCUT2D eigenvalue weighted by atomic mass is 10.2. The standard InChI is InChI=1S/C11H11NO4S/c1-2-10(13)8-12-9-5-3-4-6-11(7-9)17(14,15)16/h2,4,6-7,9,12H,1,8H2,(H,14,15,16). The zero-order valence-electron chi connectivity index (χ0n) is 8.88. The van der Waals surface area contributed by atoms with E-state index in [9.17, 15) is 13.2 Å². The third-order valence-corrected chi connectivity index (χ3v) is 2.79. The summed E-state index contributed by atoms with van der Waals surface area (Å²) in [5.74, 6) is 5.03. The van der Waals surface area contributed by atoms with Crippen molar-refractivity contribution in [3.8, 4) is 11.8 Å². The Morgan fingerprint density at radius 1 is 1.65 bits per heavy atom. The maximum absolute atomic E-state index is 11.0. The Kier molecular flexibility index (Phi) is 4.40. The van der Waals surface area contributed by atoms with E-state index in [1.165, 1.54) is 18.2 Å². The minimum absolute atomic E-state index is 0.00188. The van der Waals surface area contributed by atoms with Crippen molar-refractivity contribution < 1.29 is 17.8 Å². The second-order valence-electron chi connectivity index (χ2n) is 3.20. The molecule has 90 valence electrons. The zero-order valence-corrected chi connectivity index (χ0v) is 9.70. The first kappa shape index (κ1) is 13.4. The Morgan fingerprint density at radius 3 is 2.94 bits per heavy atom. The first-order valence-electron chi connectivity index (χ1n) is 4.69. The summed E-state index contributed by atoms with van der Waals surface area (Å²) in [6.45, 7) is 3.31. The molecule has 5 nitrogen and oxygen atoms in total. The summed E-state index contributed by atoms with van der Waals surface area (Å²) in [4.78, 5) is 10.7. The average Bonchev–Trinajstić information content (AvgIpc) is 2.50. The van der Waals surface area contributed by atoms with Gasteiger partial charge in [0.25, 0.3) is 10.1 Å².